The molecule has 0 bridgehead atoms. The summed E-state index contributed by atoms with van der Waals surface area (Å²) < 4.78 is 29.5. The first kappa shape index (κ1) is 6.23. The van der Waals surface area contributed by atoms with Crippen molar-refractivity contribution in [3.8, 4) is 0 Å². The van der Waals surface area contributed by atoms with Crippen LogP contribution in [0.25, 0.3) is 0 Å². The minimum atomic E-state index is -2.56. The lowest BCUT2D eigenvalue weighted by Crippen LogP contribution is -1.62. The third-order valence-electron chi connectivity index (χ3n) is 0.154. The number of halogens is 1. The van der Waals surface area contributed by atoms with Crippen molar-refractivity contribution in [1.82, 2.24) is 0 Å². The second-order valence-electron chi connectivity index (χ2n) is 0.462. The van der Waals surface area contributed by atoms with E-state index in [1.807, 2.05) is 0 Å². The molecule has 0 aromatic rings. The molecular formula is CH3FO2S2. The molecule has 0 radical (unpaired) electrons. The third-order valence-corrected chi connectivity index (χ3v) is 1.39. The van der Waals surface area contributed by atoms with Gasteiger partial charge in [-0.3, -0.25) is 0 Å². The van der Waals surface area contributed by atoms with Crippen LogP contribution < -0.4 is 0 Å². The summed E-state index contributed by atoms with van der Waals surface area (Å²) in [7, 11) is -2.29. The number of hydrogen-bond donors (Lipinski definition) is 1. The van der Waals surface area contributed by atoms with E-state index in [-0.39, 0.29) is 10.8 Å². The van der Waals surface area contributed by atoms with Gasteiger partial charge in [-0.05, 0) is 10.8 Å². The van der Waals surface area contributed by atoms with E-state index in [2.05, 4.69) is 0 Å². The summed E-state index contributed by atoms with van der Waals surface area (Å²) in [6, 6.07) is -0.849. The summed E-state index contributed by atoms with van der Waals surface area (Å²) in [5.41, 5.74) is 0. The van der Waals surface area contributed by atoms with Crippen LogP contribution in [-0.2, 0) is 9.74 Å². The van der Waals surface area contributed by atoms with Crippen molar-refractivity contribution < 1.29 is 12.8 Å². The van der Waals surface area contributed by atoms with E-state index < -0.39 is 15.7 Å². The molecule has 38 valence electrons. The number of alkyl halides is 1. The molecule has 6 heavy (non-hydrogen) atoms. The molecule has 0 aliphatic carbocycles. The zero-order valence-corrected chi connectivity index (χ0v) is 4.47. The Morgan fingerprint density at radius 3 is 2.17 bits per heavy atom. The Morgan fingerprint density at radius 1 is 1.67 bits per heavy atom. The van der Waals surface area contributed by atoms with Gasteiger partial charge in [0.1, 0.15) is 6.01 Å². The highest BCUT2D eigenvalue weighted by Crippen LogP contribution is 1.96. The molecule has 0 atom stereocenters. The highest BCUT2D eigenvalue weighted by Gasteiger charge is 1.79. The van der Waals surface area contributed by atoms with E-state index in [0.717, 1.165) is 0 Å². The Bertz CT molecular complexity index is 79.5. The van der Waals surface area contributed by atoms with Gasteiger partial charge in [0.15, 0.2) is 9.74 Å². The maximum atomic E-state index is 10.8. The van der Waals surface area contributed by atoms with Crippen molar-refractivity contribution in [1.29, 1.82) is 0 Å². The van der Waals surface area contributed by atoms with Crippen molar-refractivity contribution in [3.05, 3.63) is 0 Å². The smallest absolute Gasteiger partial charge is 0.194 e. The Kier molecular flexibility index (Phi) is 3.55. The molecule has 2 nitrogen and oxygen atoms in total. The van der Waals surface area contributed by atoms with Gasteiger partial charge in [0.2, 0.25) is 0 Å². The molecule has 0 aromatic carbocycles. The molecule has 0 unspecified atom stereocenters. The second kappa shape index (κ2) is 3.42. The van der Waals surface area contributed by atoms with Gasteiger partial charge >= 0.3 is 0 Å². The van der Waals surface area contributed by atoms with Crippen LogP contribution in [-0.4, -0.2) is 14.4 Å². The molecule has 5 heteroatoms. The summed E-state index contributed by atoms with van der Waals surface area (Å²) in [6.07, 6.45) is 0. The molecule has 0 amide bonds. The van der Waals surface area contributed by atoms with Gasteiger partial charge in [-0.25, -0.2) is 12.8 Å². The van der Waals surface area contributed by atoms with Crippen molar-refractivity contribution in [2.75, 3.05) is 6.01 Å². The molecular weight excluding hydrogens is 127 g/mol. The fourth-order valence-corrected chi connectivity index (χ4v) is 0.359. The number of hydrogen-bond acceptors (Lipinski definition) is 3. The van der Waals surface area contributed by atoms with Gasteiger partial charge < -0.3 is 0 Å². The zero-order valence-electron chi connectivity index (χ0n) is 2.76. The molecule has 0 N–H and O–H groups in total. The SMILES string of the molecule is O=[SH](=O)SCF. The lowest BCUT2D eigenvalue weighted by molar-refractivity contribution is 0.604. The van der Waals surface area contributed by atoms with Crippen LogP contribution in [0.2, 0.25) is 0 Å². The maximum absolute atomic E-state index is 10.8. The fraction of sp³-hybridized carbons (Fsp3) is 1.00. The van der Waals surface area contributed by atoms with E-state index in [9.17, 15) is 12.8 Å². The standard InChI is InChI=1S/CH3FO2S2/c2-1-5-6(3)4/h6H,1H2. The van der Waals surface area contributed by atoms with Crippen LogP contribution in [0.1, 0.15) is 0 Å². The average molecular weight is 130 g/mol. The first-order valence-electron chi connectivity index (χ1n) is 1.10. The monoisotopic (exact) mass is 130 g/mol. The van der Waals surface area contributed by atoms with Crippen molar-refractivity contribution in [2.24, 2.45) is 0 Å². The first-order chi connectivity index (χ1) is 2.77. The normalized spacial score (nSPS) is 9.67. The van der Waals surface area contributed by atoms with Crippen LogP contribution in [0, 0.1) is 0 Å². The Hall–Kier alpha value is 0.230. The molecule has 0 aromatic heterocycles. The Morgan fingerprint density at radius 2 is 2.17 bits per heavy atom. The molecule has 0 spiro atoms. The van der Waals surface area contributed by atoms with E-state index >= 15 is 0 Å². The summed E-state index contributed by atoms with van der Waals surface area (Å²) in [4.78, 5) is 0. The van der Waals surface area contributed by atoms with Gasteiger partial charge in [-0.2, -0.15) is 0 Å². The van der Waals surface area contributed by atoms with Crippen molar-refractivity contribution in [2.45, 2.75) is 0 Å². The summed E-state index contributed by atoms with van der Waals surface area (Å²) in [5.74, 6) is 0. The van der Waals surface area contributed by atoms with Gasteiger partial charge in [0.25, 0.3) is 0 Å². The predicted octanol–water partition coefficient (Wildman–Crippen LogP) is 0.173. The number of thiol groups is 1. The highest BCUT2D eigenvalue weighted by molar-refractivity contribution is 8.64. The van der Waals surface area contributed by atoms with E-state index in [0.29, 0.717) is 0 Å². The molecule has 0 rings (SSSR count). The zero-order chi connectivity index (χ0) is 4.99. The average Bonchev–Trinajstić information content (AvgIpc) is 1.35. The fourth-order valence-electron chi connectivity index (χ4n) is 0.0398. The van der Waals surface area contributed by atoms with Crippen LogP contribution in [0.3, 0.4) is 0 Å². The quantitative estimate of drug-likeness (QED) is 0.427. The van der Waals surface area contributed by atoms with Crippen LogP contribution >= 0.6 is 10.8 Å². The first-order valence-corrected chi connectivity index (χ1v) is 3.87. The van der Waals surface area contributed by atoms with Gasteiger partial charge in [-0.1, -0.05) is 0 Å². The van der Waals surface area contributed by atoms with Gasteiger partial charge in [-0.15, -0.1) is 0 Å². The predicted molar refractivity (Wildman–Crippen MR) is 23.9 cm³/mol. The summed E-state index contributed by atoms with van der Waals surface area (Å²) >= 11 is 0. The molecule has 0 aliphatic rings. The molecule has 0 aliphatic heterocycles. The largest absolute Gasteiger partial charge is 0.238 e. The second-order valence-corrected chi connectivity index (χ2v) is 3.05. The third kappa shape index (κ3) is 4.23. The minimum absolute atomic E-state index is 0.273. The van der Waals surface area contributed by atoms with Crippen LogP contribution in [0.15, 0.2) is 0 Å². The van der Waals surface area contributed by atoms with E-state index in [1.165, 1.54) is 0 Å². The van der Waals surface area contributed by atoms with Gasteiger partial charge in [0.05, 0.1) is 0 Å². The van der Waals surface area contributed by atoms with Crippen LogP contribution in [0.5, 0.6) is 0 Å². The molecule has 0 fully saturated rings. The van der Waals surface area contributed by atoms with Crippen molar-refractivity contribution >= 4 is 20.5 Å². The Balaban J connectivity index is 3.07. The molecule has 0 saturated carbocycles. The highest BCUT2D eigenvalue weighted by atomic mass is 33.1. The molecule has 0 saturated heterocycles. The van der Waals surface area contributed by atoms with Gasteiger partial charge in [0, 0.05) is 0 Å². The minimum Gasteiger partial charge on any atom is -0.238 e. The van der Waals surface area contributed by atoms with E-state index in [4.69, 9.17) is 0 Å². The number of rotatable bonds is 2. The lowest BCUT2D eigenvalue weighted by Gasteiger charge is -1.69. The van der Waals surface area contributed by atoms with Crippen molar-refractivity contribution in [3.63, 3.8) is 0 Å². The lowest BCUT2D eigenvalue weighted by atomic mass is 11.8. The van der Waals surface area contributed by atoms with Crippen LogP contribution in [0.4, 0.5) is 4.39 Å². The summed E-state index contributed by atoms with van der Waals surface area (Å²) in [6.45, 7) is 0. The summed E-state index contributed by atoms with van der Waals surface area (Å²) in [5, 5.41) is 0. The topological polar surface area (TPSA) is 34.1 Å². The Labute approximate surface area is 40.1 Å². The maximum Gasteiger partial charge on any atom is 0.194 e. The molecule has 0 heterocycles. The van der Waals surface area contributed by atoms with E-state index in [1.54, 1.807) is 0 Å².